The lowest BCUT2D eigenvalue weighted by Crippen LogP contribution is -2.22. The highest BCUT2D eigenvalue weighted by Gasteiger charge is 2.33. The maximum absolute atomic E-state index is 12.0. The van der Waals surface area contributed by atoms with Gasteiger partial charge in [0, 0.05) is 11.6 Å². The van der Waals surface area contributed by atoms with Crippen LogP contribution in [0.5, 0.6) is 5.75 Å². The summed E-state index contributed by atoms with van der Waals surface area (Å²) in [7, 11) is 0. The Morgan fingerprint density at radius 1 is 1.15 bits per heavy atom. The average Bonchev–Trinajstić information content (AvgIpc) is 3.09. The number of fused-ring (bicyclic) bond motifs is 3. The molecule has 2 N–H and O–H groups in total. The Bertz CT molecular complexity index is 1110. The number of nitrogens with one attached hydrogen (secondary N) is 2. The SMILES string of the molecule is CC(C)(C)C1CCC(COc2cccc3c2ncc2c(=O)[nH]c(=O)[nH]c23)C1. The van der Waals surface area contributed by atoms with Crippen LogP contribution >= 0.6 is 0 Å². The molecule has 2 atom stereocenters. The number of para-hydroxylation sites is 1. The van der Waals surface area contributed by atoms with Gasteiger partial charge in [-0.25, -0.2) is 4.79 Å². The Balaban J connectivity index is 1.63. The minimum atomic E-state index is -0.523. The number of H-pyrrole nitrogens is 2. The Morgan fingerprint density at radius 3 is 2.70 bits per heavy atom. The summed E-state index contributed by atoms with van der Waals surface area (Å²) in [5, 5.41) is 1.08. The molecule has 0 saturated heterocycles. The van der Waals surface area contributed by atoms with Crippen molar-refractivity contribution in [3.8, 4) is 5.75 Å². The highest BCUT2D eigenvalue weighted by molar-refractivity contribution is 6.04. The Kier molecular flexibility index (Phi) is 4.29. The summed E-state index contributed by atoms with van der Waals surface area (Å²) >= 11 is 0. The van der Waals surface area contributed by atoms with Gasteiger partial charge >= 0.3 is 5.69 Å². The molecule has 0 aliphatic heterocycles. The van der Waals surface area contributed by atoms with Crippen LogP contribution in [0.25, 0.3) is 21.8 Å². The van der Waals surface area contributed by atoms with Crippen molar-refractivity contribution in [2.75, 3.05) is 6.61 Å². The Hall–Kier alpha value is -2.63. The van der Waals surface area contributed by atoms with Crippen LogP contribution in [0.1, 0.15) is 40.0 Å². The minimum Gasteiger partial charge on any atom is -0.491 e. The lowest BCUT2D eigenvalue weighted by atomic mass is 9.79. The van der Waals surface area contributed by atoms with E-state index in [2.05, 4.69) is 35.7 Å². The normalized spacial score (nSPS) is 20.4. The lowest BCUT2D eigenvalue weighted by Gasteiger charge is -2.27. The summed E-state index contributed by atoms with van der Waals surface area (Å²) in [6.07, 6.45) is 5.11. The number of hydrogen-bond donors (Lipinski definition) is 2. The first-order valence-corrected chi connectivity index (χ1v) is 9.50. The summed E-state index contributed by atoms with van der Waals surface area (Å²) in [6.45, 7) is 7.59. The zero-order valence-electron chi connectivity index (χ0n) is 16.0. The van der Waals surface area contributed by atoms with Gasteiger partial charge in [-0.1, -0.05) is 32.9 Å². The second-order valence-electron chi connectivity index (χ2n) is 8.66. The summed E-state index contributed by atoms with van der Waals surface area (Å²) in [5.74, 6) is 1.97. The van der Waals surface area contributed by atoms with E-state index in [-0.39, 0.29) is 0 Å². The van der Waals surface area contributed by atoms with Crippen LogP contribution in [0.4, 0.5) is 0 Å². The van der Waals surface area contributed by atoms with Crippen LogP contribution in [0.15, 0.2) is 34.0 Å². The van der Waals surface area contributed by atoms with Gasteiger partial charge in [-0.05, 0) is 42.6 Å². The van der Waals surface area contributed by atoms with Gasteiger partial charge in [0.25, 0.3) is 5.56 Å². The van der Waals surface area contributed by atoms with Crippen molar-refractivity contribution in [3.63, 3.8) is 0 Å². The van der Waals surface area contributed by atoms with Crippen molar-refractivity contribution >= 4 is 21.8 Å². The van der Waals surface area contributed by atoms with Crippen LogP contribution in [0.3, 0.4) is 0 Å². The van der Waals surface area contributed by atoms with E-state index in [0.717, 1.165) is 5.92 Å². The number of aromatic nitrogens is 3. The predicted molar refractivity (Wildman–Crippen MR) is 106 cm³/mol. The molecule has 1 aliphatic carbocycles. The molecule has 0 bridgehead atoms. The molecule has 2 aromatic heterocycles. The average molecular weight is 367 g/mol. The van der Waals surface area contributed by atoms with Crippen LogP contribution in [0.2, 0.25) is 0 Å². The number of hydrogen-bond acceptors (Lipinski definition) is 4. The van der Waals surface area contributed by atoms with E-state index in [1.807, 2.05) is 18.2 Å². The topological polar surface area (TPSA) is 87.8 Å². The molecule has 4 rings (SSSR count). The largest absolute Gasteiger partial charge is 0.491 e. The molecule has 1 aromatic carbocycles. The van der Waals surface area contributed by atoms with E-state index >= 15 is 0 Å². The van der Waals surface area contributed by atoms with Crippen LogP contribution in [-0.2, 0) is 0 Å². The van der Waals surface area contributed by atoms with Crippen molar-refractivity contribution in [2.24, 2.45) is 17.3 Å². The fraction of sp³-hybridized carbons (Fsp3) is 0.476. The molecule has 1 aliphatic rings. The molecule has 27 heavy (non-hydrogen) atoms. The highest BCUT2D eigenvalue weighted by atomic mass is 16.5. The molecule has 0 radical (unpaired) electrons. The molecular formula is C21H25N3O3. The third kappa shape index (κ3) is 3.36. The molecule has 0 spiro atoms. The second kappa shape index (κ2) is 6.51. The zero-order valence-corrected chi connectivity index (χ0v) is 16.0. The van der Waals surface area contributed by atoms with Gasteiger partial charge in [0.1, 0.15) is 11.3 Å². The molecular weight excluding hydrogens is 342 g/mol. The first-order valence-electron chi connectivity index (χ1n) is 9.50. The molecule has 1 fully saturated rings. The van der Waals surface area contributed by atoms with Gasteiger partial charge in [-0.3, -0.25) is 14.8 Å². The summed E-state index contributed by atoms with van der Waals surface area (Å²) in [6, 6.07) is 5.60. The molecule has 2 heterocycles. The Morgan fingerprint density at radius 2 is 1.96 bits per heavy atom. The van der Waals surface area contributed by atoms with Gasteiger partial charge in [0.15, 0.2) is 0 Å². The van der Waals surface area contributed by atoms with Crippen LogP contribution in [-0.4, -0.2) is 21.6 Å². The first kappa shape index (κ1) is 17.8. The lowest BCUT2D eigenvalue weighted by molar-refractivity contribution is 0.213. The van der Waals surface area contributed by atoms with Crippen LogP contribution in [0, 0.1) is 17.3 Å². The van der Waals surface area contributed by atoms with Crippen molar-refractivity contribution in [3.05, 3.63) is 45.2 Å². The minimum absolute atomic E-state index is 0.341. The summed E-state index contributed by atoms with van der Waals surface area (Å²) < 4.78 is 6.13. The van der Waals surface area contributed by atoms with E-state index < -0.39 is 11.2 Å². The molecule has 3 aromatic rings. The quantitative estimate of drug-likeness (QED) is 0.692. The number of nitrogens with zero attached hydrogens (tertiary/aromatic N) is 1. The molecule has 6 nitrogen and oxygen atoms in total. The van der Waals surface area contributed by atoms with Gasteiger partial charge in [0.05, 0.1) is 17.5 Å². The summed E-state index contributed by atoms with van der Waals surface area (Å²) in [5.41, 5.74) is 0.539. The van der Waals surface area contributed by atoms with Crippen LogP contribution < -0.4 is 16.0 Å². The fourth-order valence-electron chi connectivity index (χ4n) is 4.16. The predicted octanol–water partition coefficient (Wildman–Crippen LogP) is 3.61. The monoisotopic (exact) mass is 367 g/mol. The molecule has 1 saturated carbocycles. The van der Waals surface area contributed by atoms with Crippen molar-refractivity contribution in [2.45, 2.75) is 40.0 Å². The van der Waals surface area contributed by atoms with Gasteiger partial charge in [0.2, 0.25) is 0 Å². The van der Waals surface area contributed by atoms with Crippen molar-refractivity contribution < 1.29 is 4.74 Å². The second-order valence-corrected chi connectivity index (χ2v) is 8.66. The number of ether oxygens (including phenoxy) is 1. The van der Waals surface area contributed by atoms with E-state index in [4.69, 9.17) is 4.74 Å². The number of aromatic amines is 2. The third-order valence-electron chi connectivity index (χ3n) is 5.81. The highest BCUT2D eigenvalue weighted by Crippen LogP contribution is 2.42. The molecule has 142 valence electrons. The van der Waals surface area contributed by atoms with E-state index in [0.29, 0.717) is 45.5 Å². The van der Waals surface area contributed by atoms with E-state index in [1.165, 1.54) is 25.5 Å². The van der Waals surface area contributed by atoms with Gasteiger partial charge in [-0.2, -0.15) is 0 Å². The number of benzene rings is 1. The van der Waals surface area contributed by atoms with E-state index in [9.17, 15) is 9.59 Å². The first-order chi connectivity index (χ1) is 12.8. The third-order valence-corrected chi connectivity index (χ3v) is 5.81. The number of pyridine rings is 1. The Labute approximate surface area is 157 Å². The van der Waals surface area contributed by atoms with Crippen molar-refractivity contribution in [1.82, 2.24) is 15.0 Å². The number of rotatable bonds is 3. The standard InChI is InChI=1S/C21H25N3O3/c1-21(2,3)13-8-7-12(9-13)11-27-16-6-4-5-14-17-15(10-22-18(14)16)19(25)24-20(26)23-17/h4-6,10,12-13H,7-9,11H2,1-3H3,(H2,23,24,25,26). The summed E-state index contributed by atoms with van der Waals surface area (Å²) in [4.78, 5) is 33.1. The van der Waals surface area contributed by atoms with Gasteiger partial charge in [-0.15, -0.1) is 0 Å². The molecule has 0 amide bonds. The molecule has 2 unspecified atom stereocenters. The molecule has 6 heteroatoms. The van der Waals surface area contributed by atoms with Crippen molar-refractivity contribution in [1.29, 1.82) is 0 Å². The smallest absolute Gasteiger partial charge is 0.326 e. The van der Waals surface area contributed by atoms with E-state index in [1.54, 1.807) is 0 Å². The maximum Gasteiger partial charge on any atom is 0.326 e. The maximum atomic E-state index is 12.0. The fourth-order valence-corrected chi connectivity index (χ4v) is 4.16. The zero-order chi connectivity index (χ0) is 19.2. The van der Waals surface area contributed by atoms with Gasteiger partial charge < -0.3 is 9.72 Å².